The van der Waals surface area contributed by atoms with Crippen LogP contribution in [0.3, 0.4) is 0 Å². The monoisotopic (exact) mass is 261 g/mol. The van der Waals surface area contributed by atoms with Crippen molar-refractivity contribution in [1.29, 1.82) is 0 Å². The van der Waals surface area contributed by atoms with Gasteiger partial charge in [-0.1, -0.05) is 12.1 Å². The Labute approximate surface area is 113 Å². The van der Waals surface area contributed by atoms with Crippen LogP contribution in [0.5, 0.6) is 0 Å². The Hall–Kier alpha value is -1.72. The van der Waals surface area contributed by atoms with Crippen LogP contribution in [-0.2, 0) is 9.47 Å². The van der Waals surface area contributed by atoms with Gasteiger partial charge in [-0.15, -0.1) is 0 Å². The van der Waals surface area contributed by atoms with Gasteiger partial charge in [0.25, 0.3) is 0 Å². The van der Waals surface area contributed by atoms with E-state index in [2.05, 4.69) is 14.9 Å². The SMILES string of the molecule is COCCN(CCOC)c1ncnc2ccccc12. The van der Waals surface area contributed by atoms with Gasteiger partial charge in [-0.25, -0.2) is 9.97 Å². The third kappa shape index (κ3) is 3.39. The minimum absolute atomic E-state index is 0.655. The average molecular weight is 261 g/mol. The molecule has 2 rings (SSSR count). The fourth-order valence-electron chi connectivity index (χ4n) is 1.97. The van der Waals surface area contributed by atoms with Crippen molar-refractivity contribution in [3.05, 3.63) is 30.6 Å². The smallest absolute Gasteiger partial charge is 0.140 e. The molecule has 0 spiro atoms. The Bertz CT molecular complexity index is 506. The van der Waals surface area contributed by atoms with E-state index < -0.39 is 0 Å². The molecule has 0 amide bonds. The van der Waals surface area contributed by atoms with Gasteiger partial charge in [0.05, 0.1) is 18.7 Å². The van der Waals surface area contributed by atoms with E-state index >= 15 is 0 Å². The summed E-state index contributed by atoms with van der Waals surface area (Å²) in [5.41, 5.74) is 0.951. The lowest BCUT2D eigenvalue weighted by Crippen LogP contribution is -2.31. The van der Waals surface area contributed by atoms with Crippen molar-refractivity contribution in [2.45, 2.75) is 0 Å². The molecule has 0 bridgehead atoms. The first-order valence-electron chi connectivity index (χ1n) is 6.29. The van der Waals surface area contributed by atoms with E-state index in [9.17, 15) is 0 Å². The summed E-state index contributed by atoms with van der Waals surface area (Å²) in [6.45, 7) is 2.87. The Balaban J connectivity index is 2.31. The molecule has 0 saturated carbocycles. The van der Waals surface area contributed by atoms with Crippen LogP contribution in [0.25, 0.3) is 10.9 Å². The zero-order valence-corrected chi connectivity index (χ0v) is 11.4. The van der Waals surface area contributed by atoms with Crippen LogP contribution in [0.4, 0.5) is 5.82 Å². The molecular formula is C14H19N3O2. The van der Waals surface area contributed by atoms with Gasteiger partial charge >= 0.3 is 0 Å². The van der Waals surface area contributed by atoms with Crippen LogP contribution < -0.4 is 4.90 Å². The molecule has 102 valence electrons. The van der Waals surface area contributed by atoms with Gasteiger partial charge in [0.15, 0.2) is 0 Å². The molecule has 0 radical (unpaired) electrons. The fourth-order valence-corrected chi connectivity index (χ4v) is 1.97. The molecule has 1 aromatic heterocycles. The van der Waals surface area contributed by atoms with Crippen molar-refractivity contribution in [3.8, 4) is 0 Å². The number of hydrogen-bond donors (Lipinski definition) is 0. The Kier molecular flexibility index (Phi) is 5.06. The highest BCUT2D eigenvalue weighted by molar-refractivity contribution is 5.89. The van der Waals surface area contributed by atoms with Gasteiger partial charge < -0.3 is 14.4 Å². The van der Waals surface area contributed by atoms with Gasteiger partial charge in [-0.2, -0.15) is 0 Å². The van der Waals surface area contributed by atoms with Crippen molar-refractivity contribution in [1.82, 2.24) is 9.97 Å². The highest BCUT2D eigenvalue weighted by atomic mass is 16.5. The summed E-state index contributed by atoms with van der Waals surface area (Å²) in [4.78, 5) is 10.9. The lowest BCUT2D eigenvalue weighted by Gasteiger charge is -2.24. The largest absolute Gasteiger partial charge is 0.383 e. The summed E-state index contributed by atoms with van der Waals surface area (Å²) in [6.07, 6.45) is 1.60. The van der Waals surface area contributed by atoms with E-state index in [0.717, 1.165) is 29.8 Å². The number of anilines is 1. The first-order valence-corrected chi connectivity index (χ1v) is 6.29. The van der Waals surface area contributed by atoms with Crippen molar-refractivity contribution in [3.63, 3.8) is 0 Å². The first-order chi connectivity index (χ1) is 9.36. The minimum atomic E-state index is 0.655. The van der Waals surface area contributed by atoms with Crippen LogP contribution in [0.1, 0.15) is 0 Å². The van der Waals surface area contributed by atoms with E-state index in [4.69, 9.17) is 9.47 Å². The lowest BCUT2D eigenvalue weighted by molar-refractivity contribution is 0.190. The van der Waals surface area contributed by atoms with E-state index in [1.54, 1.807) is 20.5 Å². The molecule has 19 heavy (non-hydrogen) atoms. The molecule has 0 aliphatic rings. The summed E-state index contributed by atoms with van der Waals surface area (Å²) in [5, 5.41) is 1.05. The molecule has 0 atom stereocenters. The Morgan fingerprint density at radius 2 is 1.68 bits per heavy atom. The van der Waals surface area contributed by atoms with Gasteiger partial charge in [0.2, 0.25) is 0 Å². The maximum Gasteiger partial charge on any atom is 0.140 e. The molecule has 0 aliphatic heterocycles. The van der Waals surface area contributed by atoms with Gasteiger partial charge in [-0.3, -0.25) is 0 Å². The number of fused-ring (bicyclic) bond motifs is 1. The van der Waals surface area contributed by atoms with Crippen LogP contribution in [0.2, 0.25) is 0 Å². The second-order valence-corrected chi connectivity index (χ2v) is 4.19. The molecule has 5 nitrogen and oxygen atoms in total. The number of rotatable bonds is 7. The van der Waals surface area contributed by atoms with E-state index in [1.165, 1.54) is 0 Å². The topological polar surface area (TPSA) is 47.5 Å². The number of benzene rings is 1. The minimum Gasteiger partial charge on any atom is -0.383 e. The summed E-state index contributed by atoms with van der Waals surface area (Å²) in [7, 11) is 3.40. The van der Waals surface area contributed by atoms with Crippen molar-refractivity contribution >= 4 is 16.7 Å². The third-order valence-electron chi connectivity index (χ3n) is 2.95. The number of para-hydroxylation sites is 1. The number of aromatic nitrogens is 2. The lowest BCUT2D eigenvalue weighted by atomic mass is 10.2. The molecule has 0 fully saturated rings. The second-order valence-electron chi connectivity index (χ2n) is 4.19. The second kappa shape index (κ2) is 7.01. The predicted octanol–water partition coefficient (Wildman–Crippen LogP) is 1.73. The summed E-state index contributed by atoms with van der Waals surface area (Å²) >= 11 is 0. The normalized spacial score (nSPS) is 10.8. The van der Waals surface area contributed by atoms with Crippen molar-refractivity contribution in [2.75, 3.05) is 45.4 Å². The molecule has 0 aliphatic carbocycles. The zero-order chi connectivity index (χ0) is 13.5. The van der Waals surface area contributed by atoms with Crippen molar-refractivity contribution < 1.29 is 9.47 Å². The fraction of sp³-hybridized carbons (Fsp3) is 0.429. The van der Waals surface area contributed by atoms with Crippen LogP contribution >= 0.6 is 0 Å². The van der Waals surface area contributed by atoms with E-state index in [0.29, 0.717) is 13.2 Å². The van der Waals surface area contributed by atoms with E-state index in [-0.39, 0.29) is 0 Å². The third-order valence-corrected chi connectivity index (χ3v) is 2.95. The quantitative estimate of drug-likeness (QED) is 0.759. The summed E-state index contributed by atoms with van der Waals surface area (Å²) < 4.78 is 10.3. The molecule has 0 unspecified atom stereocenters. The maximum atomic E-state index is 5.16. The number of ether oxygens (including phenoxy) is 2. The standard InChI is InChI=1S/C14H19N3O2/c1-18-9-7-17(8-10-19-2)14-12-5-3-4-6-13(12)15-11-16-14/h3-6,11H,7-10H2,1-2H3. The van der Waals surface area contributed by atoms with Gasteiger partial charge in [0, 0.05) is 32.7 Å². The molecular weight excluding hydrogens is 242 g/mol. The molecule has 1 aromatic carbocycles. The summed E-state index contributed by atoms with van der Waals surface area (Å²) in [5.74, 6) is 0.930. The van der Waals surface area contributed by atoms with Gasteiger partial charge in [0.1, 0.15) is 12.1 Å². The average Bonchev–Trinajstić information content (AvgIpc) is 2.47. The zero-order valence-electron chi connectivity index (χ0n) is 11.4. The van der Waals surface area contributed by atoms with E-state index in [1.807, 2.05) is 24.3 Å². The van der Waals surface area contributed by atoms with Crippen LogP contribution in [0.15, 0.2) is 30.6 Å². The van der Waals surface area contributed by atoms with Crippen molar-refractivity contribution in [2.24, 2.45) is 0 Å². The number of hydrogen-bond acceptors (Lipinski definition) is 5. The molecule has 5 heteroatoms. The number of methoxy groups -OCH3 is 2. The molecule has 0 saturated heterocycles. The molecule has 2 aromatic rings. The highest BCUT2D eigenvalue weighted by Crippen LogP contribution is 2.22. The molecule has 1 heterocycles. The van der Waals surface area contributed by atoms with Crippen LogP contribution in [-0.4, -0.2) is 50.5 Å². The maximum absolute atomic E-state index is 5.16. The summed E-state index contributed by atoms with van der Waals surface area (Å²) in [6, 6.07) is 8.01. The predicted molar refractivity (Wildman–Crippen MR) is 75.5 cm³/mol. The van der Waals surface area contributed by atoms with Crippen LogP contribution in [0, 0.1) is 0 Å². The Morgan fingerprint density at radius 3 is 2.37 bits per heavy atom. The highest BCUT2D eigenvalue weighted by Gasteiger charge is 2.11. The Morgan fingerprint density at radius 1 is 1.00 bits per heavy atom. The molecule has 0 N–H and O–H groups in total. The van der Waals surface area contributed by atoms with Gasteiger partial charge in [-0.05, 0) is 12.1 Å². The first kappa shape index (κ1) is 13.7. The number of nitrogens with zero attached hydrogens (tertiary/aromatic N) is 3.